The summed E-state index contributed by atoms with van der Waals surface area (Å²) in [7, 11) is 0. The molecule has 3 rings (SSSR count). The van der Waals surface area contributed by atoms with Crippen molar-refractivity contribution in [2.24, 2.45) is 0 Å². The van der Waals surface area contributed by atoms with Gasteiger partial charge in [0.05, 0.1) is 10.6 Å². The van der Waals surface area contributed by atoms with Crippen LogP contribution < -0.4 is 10.2 Å². The molecular formula is C20H18N2O2S2. The van der Waals surface area contributed by atoms with Gasteiger partial charge in [-0.25, -0.2) is 0 Å². The molecule has 0 atom stereocenters. The number of anilines is 2. The molecule has 1 heterocycles. The average molecular weight is 383 g/mol. The number of thiocarbonyl (C=S) groups is 1. The number of benzene rings is 2. The minimum atomic E-state index is -0.118. The molecule has 0 spiro atoms. The normalized spacial score (nSPS) is 15.7. The molecule has 0 aliphatic carbocycles. The van der Waals surface area contributed by atoms with Crippen LogP contribution in [0.2, 0.25) is 0 Å². The molecule has 0 saturated carbocycles. The Balaban J connectivity index is 1.86. The molecule has 26 heavy (non-hydrogen) atoms. The smallest absolute Gasteiger partial charge is 0.270 e. The molecule has 1 saturated heterocycles. The summed E-state index contributed by atoms with van der Waals surface area (Å²) < 4.78 is 0.531. The predicted octanol–water partition coefficient (Wildman–Crippen LogP) is 4.67. The quantitative estimate of drug-likeness (QED) is 0.619. The van der Waals surface area contributed by atoms with Crippen molar-refractivity contribution >= 4 is 57.6 Å². The summed E-state index contributed by atoms with van der Waals surface area (Å²) >= 11 is 6.73. The Morgan fingerprint density at radius 2 is 1.85 bits per heavy atom. The van der Waals surface area contributed by atoms with E-state index in [-0.39, 0.29) is 11.8 Å². The molecule has 0 unspecified atom stereocenters. The van der Waals surface area contributed by atoms with Crippen LogP contribution in [0.25, 0.3) is 6.08 Å². The third-order valence-electron chi connectivity index (χ3n) is 3.92. The van der Waals surface area contributed by atoms with Crippen molar-refractivity contribution < 1.29 is 9.59 Å². The number of nitrogens with zero attached hydrogens (tertiary/aromatic N) is 1. The maximum absolute atomic E-state index is 12.9. The third-order valence-corrected chi connectivity index (χ3v) is 5.22. The fourth-order valence-electron chi connectivity index (χ4n) is 2.75. The summed E-state index contributed by atoms with van der Waals surface area (Å²) in [5.41, 5.74) is 4.58. The zero-order valence-corrected chi connectivity index (χ0v) is 16.3. The van der Waals surface area contributed by atoms with Crippen LogP contribution in [-0.4, -0.2) is 16.1 Å². The SMILES string of the molecule is CC(=O)Nc1ccc(/C=C2/SC(=S)N(c3ccc(C)cc3C)C2=O)cc1. The first-order valence-electron chi connectivity index (χ1n) is 8.08. The fourth-order valence-corrected chi connectivity index (χ4v) is 4.03. The fraction of sp³-hybridized carbons (Fsp3) is 0.150. The van der Waals surface area contributed by atoms with Crippen molar-refractivity contribution in [3.63, 3.8) is 0 Å². The second kappa shape index (κ2) is 7.43. The van der Waals surface area contributed by atoms with E-state index < -0.39 is 0 Å². The number of carbonyl (C=O) groups excluding carboxylic acids is 2. The molecule has 2 amide bonds. The molecule has 1 aliphatic heterocycles. The highest BCUT2D eigenvalue weighted by atomic mass is 32.2. The molecule has 1 fully saturated rings. The monoisotopic (exact) mass is 382 g/mol. The number of amides is 2. The van der Waals surface area contributed by atoms with Crippen molar-refractivity contribution in [1.29, 1.82) is 0 Å². The lowest BCUT2D eigenvalue weighted by Gasteiger charge is -2.17. The van der Waals surface area contributed by atoms with Crippen LogP contribution in [0.15, 0.2) is 47.4 Å². The van der Waals surface area contributed by atoms with E-state index in [1.54, 1.807) is 17.0 Å². The van der Waals surface area contributed by atoms with Crippen LogP contribution in [0.5, 0.6) is 0 Å². The summed E-state index contributed by atoms with van der Waals surface area (Å²) in [5.74, 6) is -0.232. The van der Waals surface area contributed by atoms with E-state index in [2.05, 4.69) is 5.32 Å². The molecule has 6 heteroatoms. The summed E-state index contributed by atoms with van der Waals surface area (Å²) in [6.07, 6.45) is 1.82. The van der Waals surface area contributed by atoms with Gasteiger partial charge in [0.15, 0.2) is 4.32 Å². The molecular weight excluding hydrogens is 364 g/mol. The minimum absolute atomic E-state index is 0.113. The van der Waals surface area contributed by atoms with Crippen LogP contribution in [0.1, 0.15) is 23.6 Å². The van der Waals surface area contributed by atoms with Crippen molar-refractivity contribution in [1.82, 2.24) is 0 Å². The first-order valence-corrected chi connectivity index (χ1v) is 9.30. The average Bonchev–Trinajstić information content (AvgIpc) is 2.83. The number of hydrogen-bond donors (Lipinski definition) is 1. The molecule has 0 aromatic heterocycles. The Kier molecular flexibility index (Phi) is 5.25. The van der Waals surface area contributed by atoms with Crippen molar-refractivity contribution in [3.8, 4) is 0 Å². The van der Waals surface area contributed by atoms with E-state index in [0.29, 0.717) is 9.23 Å². The molecule has 0 radical (unpaired) electrons. The second-order valence-electron chi connectivity index (χ2n) is 6.11. The molecule has 0 bridgehead atoms. The van der Waals surface area contributed by atoms with E-state index in [1.165, 1.54) is 18.7 Å². The van der Waals surface area contributed by atoms with Gasteiger partial charge in [-0.1, -0.05) is 53.8 Å². The number of nitrogens with one attached hydrogen (secondary N) is 1. The Hall–Kier alpha value is -2.44. The number of rotatable bonds is 3. The van der Waals surface area contributed by atoms with Gasteiger partial charge in [-0.2, -0.15) is 0 Å². The maximum atomic E-state index is 12.9. The van der Waals surface area contributed by atoms with Gasteiger partial charge in [-0.3, -0.25) is 14.5 Å². The van der Waals surface area contributed by atoms with Crippen LogP contribution in [-0.2, 0) is 9.59 Å². The van der Waals surface area contributed by atoms with Crippen LogP contribution >= 0.6 is 24.0 Å². The van der Waals surface area contributed by atoms with E-state index >= 15 is 0 Å². The Morgan fingerprint density at radius 3 is 2.46 bits per heavy atom. The molecule has 1 aliphatic rings. The van der Waals surface area contributed by atoms with Crippen LogP contribution in [0.4, 0.5) is 11.4 Å². The zero-order chi connectivity index (χ0) is 18.8. The van der Waals surface area contributed by atoms with Gasteiger partial charge in [0, 0.05) is 12.6 Å². The zero-order valence-electron chi connectivity index (χ0n) is 14.7. The van der Waals surface area contributed by atoms with Gasteiger partial charge in [-0.15, -0.1) is 0 Å². The van der Waals surface area contributed by atoms with Crippen LogP contribution in [0, 0.1) is 13.8 Å². The van der Waals surface area contributed by atoms with Crippen molar-refractivity contribution in [2.75, 3.05) is 10.2 Å². The highest BCUT2D eigenvalue weighted by Gasteiger charge is 2.33. The molecule has 1 N–H and O–H groups in total. The van der Waals surface area contributed by atoms with E-state index in [1.807, 2.05) is 50.3 Å². The van der Waals surface area contributed by atoms with Gasteiger partial charge in [-0.05, 0) is 49.2 Å². The third kappa shape index (κ3) is 3.86. The largest absolute Gasteiger partial charge is 0.326 e. The predicted molar refractivity (Wildman–Crippen MR) is 112 cm³/mol. The lowest BCUT2D eigenvalue weighted by Crippen LogP contribution is -2.28. The highest BCUT2D eigenvalue weighted by Crippen LogP contribution is 2.37. The first-order chi connectivity index (χ1) is 12.3. The molecule has 4 nitrogen and oxygen atoms in total. The Bertz CT molecular complexity index is 933. The van der Waals surface area contributed by atoms with Crippen molar-refractivity contribution in [2.45, 2.75) is 20.8 Å². The number of thioether (sulfide) groups is 1. The van der Waals surface area contributed by atoms with Gasteiger partial charge in [0.1, 0.15) is 0 Å². The molecule has 2 aromatic carbocycles. The molecule has 2 aromatic rings. The lowest BCUT2D eigenvalue weighted by molar-refractivity contribution is -0.114. The van der Waals surface area contributed by atoms with Crippen LogP contribution in [0.3, 0.4) is 0 Å². The van der Waals surface area contributed by atoms with Gasteiger partial charge < -0.3 is 5.32 Å². The van der Waals surface area contributed by atoms with E-state index in [4.69, 9.17) is 12.2 Å². The second-order valence-corrected chi connectivity index (χ2v) is 7.79. The Labute approximate surface area is 162 Å². The standard InChI is InChI=1S/C20H18N2O2S2/c1-12-4-9-17(13(2)10-12)22-19(24)18(26-20(22)25)11-15-5-7-16(8-6-15)21-14(3)23/h4-11H,1-3H3,(H,21,23)/b18-11+. The van der Waals surface area contributed by atoms with Gasteiger partial charge in [0.2, 0.25) is 5.91 Å². The summed E-state index contributed by atoms with van der Waals surface area (Å²) in [6, 6.07) is 13.3. The molecule has 132 valence electrons. The number of carbonyl (C=O) groups is 2. The minimum Gasteiger partial charge on any atom is -0.326 e. The van der Waals surface area contributed by atoms with Crippen molar-refractivity contribution in [3.05, 3.63) is 64.1 Å². The number of aryl methyl sites for hydroxylation is 2. The summed E-state index contributed by atoms with van der Waals surface area (Å²) in [6.45, 7) is 5.46. The highest BCUT2D eigenvalue weighted by molar-refractivity contribution is 8.27. The summed E-state index contributed by atoms with van der Waals surface area (Å²) in [5, 5.41) is 2.72. The summed E-state index contributed by atoms with van der Waals surface area (Å²) in [4.78, 5) is 26.1. The first kappa shape index (κ1) is 18.4. The topological polar surface area (TPSA) is 49.4 Å². The number of hydrogen-bond acceptors (Lipinski definition) is 4. The van der Waals surface area contributed by atoms with Gasteiger partial charge >= 0.3 is 0 Å². The Morgan fingerprint density at radius 1 is 1.15 bits per heavy atom. The van der Waals surface area contributed by atoms with E-state index in [0.717, 1.165) is 28.1 Å². The lowest BCUT2D eigenvalue weighted by atomic mass is 10.1. The van der Waals surface area contributed by atoms with Gasteiger partial charge in [0.25, 0.3) is 5.91 Å². The van der Waals surface area contributed by atoms with E-state index in [9.17, 15) is 9.59 Å². The maximum Gasteiger partial charge on any atom is 0.270 e.